The molecule has 1 aliphatic carbocycles. The van der Waals surface area contributed by atoms with Crippen LogP contribution in [-0.2, 0) is 9.59 Å². The summed E-state index contributed by atoms with van der Waals surface area (Å²) in [5, 5.41) is 11.8. The number of amides is 1. The lowest BCUT2D eigenvalue weighted by atomic mass is 9.77. The van der Waals surface area contributed by atoms with Crippen molar-refractivity contribution in [1.82, 2.24) is 5.32 Å². The third kappa shape index (κ3) is 5.62. The number of carbonyl (C=O) groups excluding carboxylic acids is 1. The van der Waals surface area contributed by atoms with Gasteiger partial charge in [0, 0.05) is 18.9 Å². The van der Waals surface area contributed by atoms with E-state index in [1.54, 1.807) is 0 Å². The number of carboxylic acids is 1. The van der Waals surface area contributed by atoms with Gasteiger partial charge in [-0.1, -0.05) is 33.6 Å². The van der Waals surface area contributed by atoms with Crippen molar-refractivity contribution in [3.63, 3.8) is 0 Å². The molecular formula is C15H27NO3. The third-order valence-corrected chi connectivity index (χ3v) is 4.08. The van der Waals surface area contributed by atoms with Gasteiger partial charge in [-0.15, -0.1) is 0 Å². The van der Waals surface area contributed by atoms with Crippen LogP contribution in [0.5, 0.6) is 0 Å². The van der Waals surface area contributed by atoms with Gasteiger partial charge in [0.25, 0.3) is 0 Å². The molecule has 0 aromatic rings. The Kier molecular flexibility index (Phi) is 6.32. The molecular weight excluding hydrogens is 242 g/mol. The Balaban J connectivity index is 2.43. The zero-order valence-electron chi connectivity index (χ0n) is 12.3. The molecule has 1 saturated carbocycles. The molecule has 0 aromatic carbocycles. The summed E-state index contributed by atoms with van der Waals surface area (Å²) in [5.74, 6) is 0.220. The minimum Gasteiger partial charge on any atom is -0.481 e. The predicted molar refractivity (Wildman–Crippen MR) is 74.8 cm³/mol. The van der Waals surface area contributed by atoms with Crippen molar-refractivity contribution in [1.29, 1.82) is 0 Å². The first-order chi connectivity index (χ1) is 8.90. The Morgan fingerprint density at radius 3 is 2.37 bits per heavy atom. The van der Waals surface area contributed by atoms with Crippen LogP contribution in [0.4, 0.5) is 0 Å². The van der Waals surface area contributed by atoms with Gasteiger partial charge < -0.3 is 10.4 Å². The highest BCUT2D eigenvalue weighted by molar-refractivity contribution is 5.77. The zero-order valence-corrected chi connectivity index (χ0v) is 12.3. The van der Waals surface area contributed by atoms with E-state index in [1.165, 1.54) is 19.3 Å². The number of rotatable bonds is 6. The van der Waals surface area contributed by atoms with E-state index in [0.717, 1.165) is 6.42 Å². The van der Waals surface area contributed by atoms with E-state index in [0.29, 0.717) is 18.3 Å². The fraction of sp³-hybridized carbons (Fsp3) is 0.867. The summed E-state index contributed by atoms with van der Waals surface area (Å²) in [5.41, 5.74) is 0. The average Bonchev–Trinajstić information content (AvgIpc) is 2.27. The second-order valence-electron chi connectivity index (χ2n) is 6.27. The van der Waals surface area contributed by atoms with E-state index in [2.05, 4.69) is 19.2 Å². The van der Waals surface area contributed by atoms with Crippen LogP contribution in [0, 0.1) is 17.8 Å². The monoisotopic (exact) mass is 269 g/mol. The molecule has 1 amide bonds. The average molecular weight is 269 g/mol. The zero-order chi connectivity index (χ0) is 14.4. The minimum absolute atomic E-state index is 0.00583. The van der Waals surface area contributed by atoms with E-state index in [4.69, 9.17) is 5.11 Å². The lowest BCUT2D eigenvalue weighted by Gasteiger charge is -2.35. The van der Waals surface area contributed by atoms with Crippen molar-refractivity contribution in [3.05, 3.63) is 0 Å². The summed E-state index contributed by atoms with van der Waals surface area (Å²) in [7, 11) is 0. The van der Waals surface area contributed by atoms with Gasteiger partial charge in [0.05, 0.1) is 0 Å². The molecule has 110 valence electrons. The highest BCUT2D eigenvalue weighted by Crippen LogP contribution is 2.30. The van der Waals surface area contributed by atoms with Crippen LogP contribution >= 0.6 is 0 Å². The highest BCUT2D eigenvalue weighted by Gasteiger charge is 2.28. The Hall–Kier alpha value is -1.06. The quantitative estimate of drug-likeness (QED) is 0.779. The van der Waals surface area contributed by atoms with E-state index in [1.807, 2.05) is 6.92 Å². The summed E-state index contributed by atoms with van der Waals surface area (Å²) < 4.78 is 0. The second kappa shape index (κ2) is 7.51. The van der Waals surface area contributed by atoms with Crippen molar-refractivity contribution in [2.45, 2.75) is 65.3 Å². The summed E-state index contributed by atoms with van der Waals surface area (Å²) in [6, 6.07) is 0.276. The summed E-state index contributed by atoms with van der Waals surface area (Å²) in [6.45, 7) is 6.24. The molecule has 0 bridgehead atoms. The van der Waals surface area contributed by atoms with Crippen LogP contribution < -0.4 is 5.32 Å². The van der Waals surface area contributed by atoms with Gasteiger partial charge in [-0.3, -0.25) is 9.59 Å². The van der Waals surface area contributed by atoms with Crippen molar-refractivity contribution in [2.75, 3.05) is 0 Å². The molecule has 0 aromatic heterocycles. The number of carbonyl (C=O) groups is 2. The van der Waals surface area contributed by atoms with Crippen molar-refractivity contribution >= 4 is 11.9 Å². The maximum absolute atomic E-state index is 12.0. The molecule has 1 rings (SSSR count). The second-order valence-corrected chi connectivity index (χ2v) is 6.27. The molecule has 3 unspecified atom stereocenters. The number of carboxylic acid groups (broad SMARTS) is 1. The van der Waals surface area contributed by atoms with Crippen LogP contribution in [-0.4, -0.2) is 23.0 Å². The van der Waals surface area contributed by atoms with Gasteiger partial charge in [-0.25, -0.2) is 0 Å². The highest BCUT2D eigenvalue weighted by atomic mass is 16.4. The first-order valence-corrected chi connectivity index (χ1v) is 7.41. The van der Waals surface area contributed by atoms with Crippen LogP contribution in [0.2, 0.25) is 0 Å². The lowest BCUT2D eigenvalue weighted by molar-refractivity contribution is -0.138. The maximum atomic E-state index is 12.0. The van der Waals surface area contributed by atoms with Gasteiger partial charge in [-0.05, 0) is 30.6 Å². The molecule has 4 nitrogen and oxygen atoms in total. The van der Waals surface area contributed by atoms with E-state index in [-0.39, 0.29) is 24.3 Å². The van der Waals surface area contributed by atoms with Gasteiger partial charge in [0.15, 0.2) is 0 Å². The lowest BCUT2D eigenvalue weighted by Crippen LogP contribution is -2.44. The first kappa shape index (κ1) is 16.0. The molecule has 0 spiro atoms. The summed E-state index contributed by atoms with van der Waals surface area (Å²) in [4.78, 5) is 22.6. The van der Waals surface area contributed by atoms with Crippen LogP contribution in [0.3, 0.4) is 0 Å². The van der Waals surface area contributed by atoms with E-state index < -0.39 is 5.97 Å². The molecule has 2 N–H and O–H groups in total. The molecule has 19 heavy (non-hydrogen) atoms. The maximum Gasteiger partial charge on any atom is 0.303 e. The van der Waals surface area contributed by atoms with Crippen LogP contribution in [0.25, 0.3) is 0 Å². The molecule has 4 heteroatoms. The van der Waals surface area contributed by atoms with Gasteiger partial charge in [-0.2, -0.15) is 0 Å². The Bertz CT molecular complexity index is 315. The molecule has 0 saturated heterocycles. The smallest absolute Gasteiger partial charge is 0.303 e. The van der Waals surface area contributed by atoms with Crippen LogP contribution in [0.15, 0.2) is 0 Å². The molecule has 3 atom stereocenters. The number of hydrogen-bond acceptors (Lipinski definition) is 2. The normalized spacial score (nSPS) is 25.1. The largest absolute Gasteiger partial charge is 0.481 e. The summed E-state index contributed by atoms with van der Waals surface area (Å²) >= 11 is 0. The molecule has 0 heterocycles. The molecule has 1 aliphatic rings. The number of nitrogens with one attached hydrogen (secondary N) is 1. The van der Waals surface area contributed by atoms with Crippen molar-refractivity contribution in [3.8, 4) is 0 Å². The third-order valence-electron chi connectivity index (χ3n) is 4.08. The predicted octanol–water partition coefficient (Wildman–Crippen LogP) is 2.82. The van der Waals surface area contributed by atoms with Crippen molar-refractivity contribution in [2.24, 2.45) is 17.8 Å². The molecule has 1 fully saturated rings. The van der Waals surface area contributed by atoms with Crippen molar-refractivity contribution < 1.29 is 14.7 Å². The summed E-state index contributed by atoms with van der Waals surface area (Å²) in [6.07, 6.45) is 5.05. The standard InChI is InChI=1S/C15H27NO3/c1-10(2)12-6-4-5-7-13(12)16-14(17)8-11(3)9-15(18)19/h10-13H,4-9H2,1-3H3,(H,16,17)(H,18,19). The van der Waals surface area contributed by atoms with E-state index >= 15 is 0 Å². The number of aliphatic carboxylic acids is 1. The minimum atomic E-state index is -0.835. The first-order valence-electron chi connectivity index (χ1n) is 7.41. The van der Waals surface area contributed by atoms with Gasteiger partial charge in [0.1, 0.15) is 0 Å². The van der Waals surface area contributed by atoms with Gasteiger partial charge >= 0.3 is 5.97 Å². The SMILES string of the molecule is CC(CC(=O)O)CC(=O)NC1CCCCC1C(C)C. The fourth-order valence-corrected chi connectivity index (χ4v) is 3.09. The van der Waals surface area contributed by atoms with Crippen LogP contribution in [0.1, 0.15) is 59.3 Å². The Labute approximate surface area is 116 Å². The fourth-order valence-electron chi connectivity index (χ4n) is 3.09. The molecule has 0 radical (unpaired) electrons. The Morgan fingerprint density at radius 1 is 1.16 bits per heavy atom. The topological polar surface area (TPSA) is 66.4 Å². The number of hydrogen-bond donors (Lipinski definition) is 2. The van der Waals surface area contributed by atoms with E-state index in [9.17, 15) is 9.59 Å². The Morgan fingerprint density at radius 2 is 1.79 bits per heavy atom. The molecule has 0 aliphatic heterocycles. The van der Waals surface area contributed by atoms with Gasteiger partial charge in [0.2, 0.25) is 5.91 Å².